The van der Waals surface area contributed by atoms with Gasteiger partial charge in [0.2, 0.25) is 0 Å². The predicted molar refractivity (Wildman–Crippen MR) is 88.2 cm³/mol. The van der Waals surface area contributed by atoms with Crippen LogP contribution >= 0.6 is 15.9 Å². The maximum atomic E-state index is 5.75. The monoisotopic (exact) mass is 349 g/mol. The summed E-state index contributed by atoms with van der Waals surface area (Å²) in [7, 11) is 1.67. The SMILES string of the molecule is COc1ccc(Br)cc1CC(NN)c1ncc(C)cc1C. The maximum absolute atomic E-state index is 5.75. The molecular formula is C16H20BrN3O. The van der Waals surface area contributed by atoms with Crippen LogP contribution in [0.3, 0.4) is 0 Å². The van der Waals surface area contributed by atoms with Crippen LogP contribution in [0.5, 0.6) is 5.75 Å². The number of aryl methyl sites for hydroxylation is 2. The van der Waals surface area contributed by atoms with E-state index in [9.17, 15) is 0 Å². The number of ether oxygens (including phenoxy) is 1. The first kappa shape index (κ1) is 15.9. The van der Waals surface area contributed by atoms with Crippen molar-refractivity contribution in [3.8, 4) is 5.75 Å². The van der Waals surface area contributed by atoms with Gasteiger partial charge in [-0.25, -0.2) is 0 Å². The Morgan fingerprint density at radius 3 is 2.71 bits per heavy atom. The van der Waals surface area contributed by atoms with E-state index in [4.69, 9.17) is 10.6 Å². The summed E-state index contributed by atoms with van der Waals surface area (Å²) in [5.74, 6) is 6.60. The van der Waals surface area contributed by atoms with Gasteiger partial charge in [-0.05, 0) is 55.2 Å². The highest BCUT2D eigenvalue weighted by Gasteiger charge is 2.17. The lowest BCUT2D eigenvalue weighted by molar-refractivity contribution is 0.405. The zero-order chi connectivity index (χ0) is 15.4. The number of benzene rings is 1. The molecule has 0 spiro atoms. The Hall–Kier alpha value is -1.43. The summed E-state index contributed by atoms with van der Waals surface area (Å²) in [5, 5.41) is 0. The van der Waals surface area contributed by atoms with E-state index in [0.29, 0.717) is 6.42 Å². The molecule has 0 fully saturated rings. The van der Waals surface area contributed by atoms with Crippen LogP contribution in [0.1, 0.15) is 28.4 Å². The van der Waals surface area contributed by atoms with Gasteiger partial charge in [0.05, 0.1) is 18.8 Å². The fourth-order valence-electron chi connectivity index (χ4n) is 2.45. The second-order valence-corrected chi connectivity index (χ2v) is 6.01. The normalized spacial score (nSPS) is 12.2. The lowest BCUT2D eigenvalue weighted by Crippen LogP contribution is -2.31. The van der Waals surface area contributed by atoms with Crippen molar-refractivity contribution >= 4 is 15.9 Å². The molecule has 0 bridgehead atoms. The van der Waals surface area contributed by atoms with Crippen molar-refractivity contribution < 1.29 is 4.74 Å². The minimum atomic E-state index is -0.0613. The van der Waals surface area contributed by atoms with Crippen LogP contribution in [0, 0.1) is 13.8 Å². The molecule has 1 aromatic carbocycles. The number of hydrogen-bond acceptors (Lipinski definition) is 4. The molecule has 1 unspecified atom stereocenters. The highest BCUT2D eigenvalue weighted by Crippen LogP contribution is 2.28. The summed E-state index contributed by atoms with van der Waals surface area (Å²) in [6.45, 7) is 4.09. The molecule has 112 valence electrons. The van der Waals surface area contributed by atoms with E-state index in [0.717, 1.165) is 32.6 Å². The maximum Gasteiger partial charge on any atom is 0.122 e. The molecule has 21 heavy (non-hydrogen) atoms. The zero-order valence-corrected chi connectivity index (χ0v) is 14.1. The number of hydrazine groups is 1. The zero-order valence-electron chi connectivity index (χ0n) is 12.5. The smallest absolute Gasteiger partial charge is 0.122 e. The second kappa shape index (κ2) is 7.02. The Morgan fingerprint density at radius 2 is 2.10 bits per heavy atom. The number of methoxy groups -OCH3 is 1. The summed E-state index contributed by atoms with van der Waals surface area (Å²) in [5.41, 5.74) is 7.18. The summed E-state index contributed by atoms with van der Waals surface area (Å²) >= 11 is 3.49. The summed E-state index contributed by atoms with van der Waals surface area (Å²) < 4.78 is 6.44. The summed E-state index contributed by atoms with van der Waals surface area (Å²) in [6, 6.07) is 8.01. The lowest BCUT2D eigenvalue weighted by Gasteiger charge is -2.19. The first-order valence-corrected chi connectivity index (χ1v) is 7.56. The molecular weight excluding hydrogens is 330 g/mol. The third-order valence-corrected chi connectivity index (χ3v) is 3.95. The number of aromatic nitrogens is 1. The van der Waals surface area contributed by atoms with Gasteiger partial charge in [-0.3, -0.25) is 16.3 Å². The number of pyridine rings is 1. The van der Waals surface area contributed by atoms with Crippen LogP contribution < -0.4 is 16.0 Å². The molecule has 3 N–H and O–H groups in total. The largest absolute Gasteiger partial charge is 0.496 e. The Balaban J connectivity index is 2.33. The van der Waals surface area contributed by atoms with Gasteiger partial charge in [0.15, 0.2) is 0 Å². The molecule has 2 rings (SSSR count). The molecule has 0 aliphatic heterocycles. The van der Waals surface area contributed by atoms with Crippen molar-refractivity contribution in [2.75, 3.05) is 7.11 Å². The van der Waals surface area contributed by atoms with E-state index < -0.39 is 0 Å². The highest BCUT2D eigenvalue weighted by atomic mass is 79.9. The number of nitrogens with one attached hydrogen (secondary N) is 1. The van der Waals surface area contributed by atoms with Crippen LogP contribution in [0.25, 0.3) is 0 Å². The van der Waals surface area contributed by atoms with Gasteiger partial charge in [0.25, 0.3) is 0 Å². The van der Waals surface area contributed by atoms with E-state index in [1.165, 1.54) is 0 Å². The van der Waals surface area contributed by atoms with Crippen LogP contribution in [0.4, 0.5) is 0 Å². The molecule has 1 atom stereocenters. The second-order valence-electron chi connectivity index (χ2n) is 5.09. The van der Waals surface area contributed by atoms with Gasteiger partial charge < -0.3 is 4.74 Å². The number of rotatable bonds is 5. The number of nitrogens with two attached hydrogens (primary N) is 1. The Morgan fingerprint density at radius 1 is 1.33 bits per heavy atom. The number of halogens is 1. The van der Waals surface area contributed by atoms with Gasteiger partial charge in [-0.2, -0.15) is 0 Å². The minimum Gasteiger partial charge on any atom is -0.496 e. The lowest BCUT2D eigenvalue weighted by atomic mass is 9.99. The molecule has 0 saturated carbocycles. The third-order valence-electron chi connectivity index (χ3n) is 3.45. The summed E-state index contributed by atoms with van der Waals surface area (Å²) in [6.07, 6.45) is 2.57. The Labute approximate surface area is 133 Å². The molecule has 4 nitrogen and oxygen atoms in total. The van der Waals surface area contributed by atoms with E-state index in [1.54, 1.807) is 7.11 Å². The molecule has 0 amide bonds. The average molecular weight is 350 g/mol. The fraction of sp³-hybridized carbons (Fsp3) is 0.312. The minimum absolute atomic E-state index is 0.0613. The first-order valence-electron chi connectivity index (χ1n) is 6.77. The van der Waals surface area contributed by atoms with Crippen LogP contribution in [0.2, 0.25) is 0 Å². The summed E-state index contributed by atoms with van der Waals surface area (Å²) in [4.78, 5) is 4.53. The van der Waals surface area contributed by atoms with E-state index in [-0.39, 0.29) is 6.04 Å². The molecule has 2 aromatic rings. The molecule has 0 aliphatic carbocycles. The van der Waals surface area contributed by atoms with Crippen molar-refractivity contribution in [3.63, 3.8) is 0 Å². The Kier molecular flexibility index (Phi) is 5.33. The van der Waals surface area contributed by atoms with E-state index in [2.05, 4.69) is 39.3 Å². The number of hydrogen-bond donors (Lipinski definition) is 2. The van der Waals surface area contributed by atoms with Gasteiger partial charge >= 0.3 is 0 Å². The van der Waals surface area contributed by atoms with E-state index >= 15 is 0 Å². The van der Waals surface area contributed by atoms with Crippen LogP contribution in [-0.2, 0) is 6.42 Å². The fourth-order valence-corrected chi connectivity index (χ4v) is 2.86. The molecule has 1 aromatic heterocycles. The van der Waals surface area contributed by atoms with E-state index in [1.807, 2.05) is 31.3 Å². The van der Waals surface area contributed by atoms with Gasteiger partial charge in [-0.15, -0.1) is 0 Å². The molecule has 0 radical (unpaired) electrons. The van der Waals surface area contributed by atoms with Crippen LogP contribution in [0.15, 0.2) is 34.9 Å². The molecule has 5 heteroatoms. The Bertz CT molecular complexity index is 631. The first-order chi connectivity index (χ1) is 10.0. The van der Waals surface area contributed by atoms with Crippen molar-refractivity contribution in [1.82, 2.24) is 10.4 Å². The van der Waals surface area contributed by atoms with Crippen molar-refractivity contribution in [2.45, 2.75) is 26.3 Å². The quantitative estimate of drug-likeness (QED) is 0.642. The standard InChI is InChI=1S/C16H20BrN3O/c1-10-6-11(2)16(19-9-10)14(20-18)8-12-7-13(17)4-5-15(12)21-3/h4-7,9,14,20H,8,18H2,1-3H3. The molecule has 0 aliphatic rings. The highest BCUT2D eigenvalue weighted by molar-refractivity contribution is 9.10. The number of nitrogens with zero attached hydrogens (tertiary/aromatic N) is 1. The van der Waals surface area contributed by atoms with Crippen LogP contribution in [-0.4, -0.2) is 12.1 Å². The van der Waals surface area contributed by atoms with Gasteiger partial charge in [0.1, 0.15) is 5.75 Å². The molecule has 0 saturated heterocycles. The predicted octanol–water partition coefficient (Wildman–Crippen LogP) is 3.22. The third kappa shape index (κ3) is 3.81. The average Bonchev–Trinajstić information content (AvgIpc) is 2.45. The van der Waals surface area contributed by atoms with Crippen molar-refractivity contribution in [2.24, 2.45) is 5.84 Å². The molecule has 1 heterocycles. The van der Waals surface area contributed by atoms with Crippen molar-refractivity contribution in [1.29, 1.82) is 0 Å². The topological polar surface area (TPSA) is 60.2 Å². The van der Waals surface area contributed by atoms with Crippen molar-refractivity contribution in [3.05, 3.63) is 57.3 Å². The van der Waals surface area contributed by atoms with Gasteiger partial charge in [0, 0.05) is 10.7 Å². The van der Waals surface area contributed by atoms with Gasteiger partial charge in [-0.1, -0.05) is 22.0 Å².